The van der Waals surface area contributed by atoms with Crippen LogP contribution in [0.4, 0.5) is 0 Å². The molecule has 3 N–H and O–H groups in total. The van der Waals surface area contributed by atoms with Gasteiger partial charge in [-0.2, -0.15) is 0 Å². The fraction of sp³-hybridized carbons (Fsp3) is 0.462. The van der Waals surface area contributed by atoms with Gasteiger partial charge in [0.05, 0.1) is 15.5 Å². The molecule has 1 aliphatic carbocycles. The van der Waals surface area contributed by atoms with Crippen LogP contribution in [0, 0.1) is 5.92 Å². The Bertz CT molecular complexity index is 627. The highest BCUT2D eigenvalue weighted by molar-refractivity contribution is 7.89. The number of sulfonamides is 1. The second-order valence-electron chi connectivity index (χ2n) is 5.14. The molecule has 1 saturated carbocycles. The SMILES string of the molecule is CC(NC(=O)c1cc(S(N)(=O)=O)ccc1Cl)C1CCC1. The first-order chi connectivity index (χ1) is 9.29. The molecule has 20 heavy (non-hydrogen) atoms. The molecule has 2 rings (SSSR count). The average Bonchev–Trinajstić information content (AvgIpc) is 2.24. The van der Waals surface area contributed by atoms with Crippen molar-refractivity contribution < 1.29 is 13.2 Å². The van der Waals surface area contributed by atoms with E-state index in [1.165, 1.54) is 24.6 Å². The molecule has 7 heteroatoms. The van der Waals surface area contributed by atoms with Gasteiger partial charge in [0.15, 0.2) is 0 Å². The summed E-state index contributed by atoms with van der Waals surface area (Å²) in [5.41, 5.74) is 0.129. The molecule has 1 aromatic rings. The highest BCUT2D eigenvalue weighted by Gasteiger charge is 2.26. The Morgan fingerprint density at radius 2 is 2.10 bits per heavy atom. The van der Waals surface area contributed by atoms with Crippen LogP contribution < -0.4 is 10.5 Å². The fourth-order valence-corrected chi connectivity index (χ4v) is 2.94. The molecule has 0 saturated heterocycles. The molecular weight excluding hydrogens is 300 g/mol. The van der Waals surface area contributed by atoms with Gasteiger partial charge in [-0.3, -0.25) is 4.79 Å². The Morgan fingerprint density at radius 3 is 2.60 bits per heavy atom. The number of carbonyl (C=O) groups excluding carboxylic acids is 1. The number of benzene rings is 1. The summed E-state index contributed by atoms with van der Waals surface area (Å²) >= 11 is 5.96. The van der Waals surface area contributed by atoms with Gasteiger partial charge in [0.25, 0.3) is 5.91 Å². The second kappa shape index (κ2) is 5.71. The molecule has 0 bridgehead atoms. The molecule has 0 spiro atoms. The lowest BCUT2D eigenvalue weighted by molar-refractivity contribution is 0.0909. The quantitative estimate of drug-likeness (QED) is 0.889. The molecular formula is C13H17ClN2O3S. The Kier molecular flexibility index (Phi) is 4.36. The van der Waals surface area contributed by atoms with Crippen LogP contribution in [0.5, 0.6) is 0 Å². The van der Waals surface area contributed by atoms with Gasteiger partial charge >= 0.3 is 0 Å². The molecule has 110 valence electrons. The first-order valence-electron chi connectivity index (χ1n) is 6.42. The third-order valence-electron chi connectivity index (χ3n) is 3.73. The number of hydrogen-bond acceptors (Lipinski definition) is 3. The smallest absolute Gasteiger partial charge is 0.253 e. The predicted octanol–water partition coefficient (Wildman–Crippen LogP) is 1.91. The molecule has 0 aliphatic heterocycles. The zero-order chi connectivity index (χ0) is 14.9. The average molecular weight is 317 g/mol. The van der Waals surface area contributed by atoms with Gasteiger partial charge in [-0.25, -0.2) is 13.6 Å². The van der Waals surface area contributed by atoms with Gasteiger partial charge < -0.3 is 5.32 Å². The summed E-state index contributed by atoms with van der Waals surface area (Å²) in [5.74, 6) is 0.110. The van der Waals surface area contributed by atoms with E-state index in [2.05, 4.69) is 5.32 Å². The highest BCUT2D eigenvalue weighted by atomic mass is 35.5. The van der Waals surface area contributed by atoms with Gasteiger partial charge in [-0.15, -0.1) is 0 Å². The minimum absolute atomic E-state index is 0.0467. The maximum Gasteiger partial charge on any atom is 0.253 e. The minimum atomic E-state index is -3.85. The zero-order valence-corrected chi connectivity index (χ0v) is 12.7. The molecule has 5 nitrogen and oxygen atoms in total. The maximum absolute atomic E-state index is 12.2. The zero-order valence-electron chi connectivity index (χ0n) is 11.1. The van der Waals surface area contributed by atoms with Crippen LogP contribution in [0.3, 0.4) is 0 Å². The Morgan fingerprint density at radius 1 is 1.45 bits per heavy atom. The van der Waals surface area contributed by atoms with Crippen LogP contribution in [-0.4, -0.2) is 20.4 Å². The summed E-state index contributed by atoms with van der Waals surface area (Å²) in [5, 5.41) is 8.12. The van der Waals surface area contributed by atoms with Gasteiger partial charge in [-0.1, -0.05) is 18.0 Å². The fourth-order valence-electron chi connectivity index (χ4n) is 2.20. The Labute approximate surface area is 123 Å². The van der Waals surface area contributed by atoms with Crippen LogP contribution >= 0.6 is 11.6 Å². The lowest BCUT2D eigenvalue weighted by Gasteiger charge is -2.31. The van der Waals surface area contributed by atoms with E-state index >= 15 is 0 Å². The van der Waals surface area contributed by atoms with Crippen molar-refractivity contribution in [3.8, 4) is 0 Å². The Hall–Kier alpha value is -1.11. The van der Waals surface area contributed by atoms with Crippen molar-refractivity contribution in [1.29, 1.82) is 0 Å². The third-order valence-corrected chi connectivity index (χ3v) is 4.97. The predicted molar refractivity (Wildman–Crippen MR) is 77.1 cm³/mol. The van der Waals surface area contributed by atoms with Crippen molar-refractivity contribution in [3.63, 3.8) is 0 Å². The van der Waals surface area contributed by atoms with Crippen molar-refractivity contribution in [2.45, 2.75) is 37.1 Å². The van der Waals surface area contributed by atoms with Crippen LogP contribution in [0.1, 0.15) is 36.5 Å². The van der Waals surface area contributed by atoms with E-state index in [0.717, 1.165) is 12.8 Å². The standard InChI is InChI=1S/C13H17ClN2O3S/c1-8(9-3-2-4-9)16-13(17)11-7-10(20(15,18)19)5-6-12(11)14/h5-9H,2-4H2,1H3,(H,16,17)(H2,15,18,19). The first kappa shape index (κ1) is 15.3. The largest absolute Gasteiger partial charge is 0.349 e. The van der Waals surface area contributed by atoms with Gasteiger partial charge in [0, 0.05) is 6.04 Å². The van der Waals surface area contributed by atoms with Crippen molar-refractivity contribution in [2.24, 2.45) is 11.1 Å². The highest BCUT2D eigenvalue weighted by Crippen LogP contribution is 2.29. The monoisotopic (exact) mass is 316 g/mol. The molecule has 1 amide bonds. The minimum Gasteiger partial charge on any atom is -0.349 e. The van der Waals surface area contributed by atoms with Gasteiger partial charge in [-0.05, 0) is 43.9 Å². The number of hydrogen-bond donors (Lipinski definition) is 2. The normalized spacial score (nSPS) is 17.4. The molecule has 0 heterocycles. The van der Waals surface area contributed by atoms with E-state index in [1.54, 1.807) is 0 Å². The number of nitrogens with one attached hydrogen (secondary N) is 1. The van der Waals surface area contributed by atoms with E-state index in [4.69, 9.17) is 16.7 Å². The molecule has 1 unspecified atom stereocenters. The van der Waals surface area contributed by atoms with E-state index in [9.17, 15) is 13.2 Å². The number of nitrogens with two attached hydrogens (primary N) is 1. The topological polar surface area (TPSA) is 89.3 Å². The summed E-state index contributed by atoms with van der Waals surface area (Å²) in [7, 11) is -3.85. The molecule has 0 aromatic heterocycles. The second-order valence-corrected chi connectivity index (χ2v) is 7.11. The third kappa shape index (κ3) is 3.31. The van der Waals surface area contributed by atoms with E-state index < -0.39 is 10.0 Å². The van der Waals surface area contributed by atoms with Gasteiger partial charge in [0.1, 0.15) is 0 Å². The number of carbonyl (C=O) groups is 1. The number of halogens is 1. The molecule has 1 fully saturated rings. The maximum atomic E-state index is 12.2. The van der Waals surface area contributed by atoms with Crippen molar-refractivity contribution in [1.82, 2.24) is 5.32 Å². The summed E-state index contributed by atoms with van der Waals surface area (Å²) in [6.07, 6.45) is 3.39. The Balaban J connectivity index is 2.20. The van der Waals surface area contributed by atoms with E-state index in [1.807, 2.05) is 6.92 Å². The van der Waals surface area contributed by atoms with Gasteiger partial charge in [0.2, 0.25) is 10.0 Å². The van der Waals surface area contributed by atoms with Crippen LogP contribution in [0.15, 0.2) is 23.1 Å². The lowest BCUT2D eigenvalue weighted by Crippen LogP contribution is -2.40. The summed E-state index contributed by atoms with van der Waals surface area (Å²) in [6, 6.07) is 3.90. The first-order valence-corrected chi connectivity index (χ1v) is 8.34. The van der Waals surface area contributed by atoms with Crippen molar-refractivity contribution in [3.05, 3.63) is 28.8 Å². The van der Waals surface area contributed by atoms with E-state index in [-0.39, 0.29) is 27.4 Å². The number of rotatable bonds is 4. The molecule has 0 radical (unpaired) electrons. The van der Waals surface area contributed by atoms with Crippen LogP contribution in [-0.2, 0) is 10.0 Å². The number of primary sulfonamides is 1. The molecule has 1 aliphatic rings. The van der Waals surface area contributed by atoms with Crippen LogP contribution in [0.25, 0.3) is 0 Å². The van der Waals surface area contributed by atoms with Crippen LogP contribution in [0.2, 0.25) is 5.02 Å². The van der Waals surface area contributed by atoms with Crippen molar-refractivity contribution in [2.75, 3.05) is 0 Å². The summed E-state index contributed by atoms with van der Waals surface area (Å²) < 4.78 is 22.6. The van der Waals surface area contributed by atoms with E-state index in [0.29, 0.717) is 5.92 Å². The number of amides is 1. The summed E-state index contributed by atoms with van der Waals surface area (Å²) in [4.78, 5) is 12.0. The molecule has 1 aromatic carbocycles. The summed E-state index contributed by atoms with van der Waals surface area (Å²) in [6.45, 7) is 1.94. The molecule has 1 atom stereocenters. The lowest BCUT2D eigenvalue weighted by atomic mass is 9.80. The van der Waals surface area contributed by atoms with Crippen molar-refractivity contribution >= 4 is 27.5 Å².